The molecule has 3 rings (SSSR count). The number of morpholine rings is 1. The van der Waals surface area contributed by atoms with Gasteiger partial charge in [0.1, 0.15) is 5.82 Å². The Hall–Kier alpha value is -1.13. The molecule has 0 amide bonds. The number of piperidine rings is 1. The molecule has 2 aliphatic rings. The minimum Gasteiger partial charge on any atom is -0.378 e. The summed E-state index contributed by atoms with van der Waals surface area (Å²) < 4.78 is 5.40. The summed E-state index contributed by atoms with van der Waals surface area (Å²) in [5.74, 6) is 1.87. The van der Waals surface area contributed by atoms with Gasteiger partial charge in [0.25, 0.3) is 0 Å². The van der Waals surface area contributed by atoms with Gasteiger partial charge in [-0.1, -0.05) is 6.07 Å². The van der Waals surface area contributed by atoms with Gasteiger partial charge in [-0.2, -0.15) is 0 Å². The highest BCUT2D eigenvalue weighted by molar-refractivity contribution is 5.39. The second-order valence-corrected chi connectivity index (χ2v) is 5.50. The van der Waals surface area contributed by atoms with Crippen molar-refractivity contribution >= 4 is 5.82 Å². The van der Waals surface area contributed by atoms with Crippen molar-refractivity contribution in [3.63, 3.8) is 0 Å². The maximum atomic E-state index is 5.40. The zero-order valence-electron chi connectivity index (χ0n) is 11.5. The highest BCUT2D eigenvalue weighted by atomic mass is 16.5. The number of hydrogen-bond donors (Lipinski definition) is 1. The maximum Gasteiger partial charge on any atom is 0.128 e. The summed E-state index contributed by atoms with van der Waals surface area (Å²) in [6.45, 7) is 5.88. The lowest BCUT2D eigenvalue weighted by Crippen LogP contribution is -2.37. The van der Waals surface area contributed by atoms with Gasteiger partial charge in [-0.3, -0.25) is 0 Å². The molecule has 0 aliphatic carbocycles. The van der Waals surface area contributed by atoms with Crippen molar-refractivity contribution < 1.29 is 4.74 Å². The molecule has 4 heteroatoms. The summed E-state index contributed by atoms with van der Waals surface area (Å²) in [5, 5.41) is 3.48. The van der Waals surface area contributed by atoms with Crippen LogP contribution in [0.15, 0.2) is 18.2 Å². The SMILES string of the molecule is c1cc(CC2CCCNC2)nc(N2CCOCC2)c1. The third-order valence-corrected chi connectivity index (χ3v) is 4.02. The average Bonchev–Trinajstić information content (AvgIpc) is 2.49. The number of aromatic nitrogens is 1. The van der Waals surface area contributed by atoms with Crippen LogP contribution in [0, 0.1) is 5.92 Å². The summed E-state index contributed by atoms with van der Waals surface area (Å²) in [7, 11) is 0. The molecule has 1 unspecified atom stereocenters. The van der Waals surface area contributed by atoms with Gasteiger partial charge in [-0.05, 0) is 50.4 Å². The Morgan fingerprint density at radius 1 is 1.32 bits per heavy atom. The molecule has 0 spiro atoms. The lowest BCUT2D eigenvalue weighted by molar-refractivity contribution is 0.122. The number of pyridine rings is 1. The smallest absolute Gasteiger partial charge is 0.128 e. The molecule has 0 bridgehead atoms. The van der Waals surface area contributed by atoms with E-state index < -0.39 is 0 Å². The van der Waals surface area contributed by atoms with Gasteiger partial charge in [0.05, 0.1) is 13.2 Å². The molecule has 104 valence electrons. The van der Waals surface area contributed by atoms with Gasteiger partial charge in [0, 0.05) is 18.8 Å². The molecule has 0 saturated carbocycles. The van der Waals surface area contributed by atoms with E-state index in [4.69, 9.17) is 9.72 Å². The van der Waals surface area contributed by atoms with Gasteiger partial charge in [-0.25, -0.2) is 4.98 Å². The van der Waals surface area contributed by atoms with Crippen molar-refractivity contribution in [1.29, 1.82) is 0 Å². The molecular formula is C15H23N3O. The first-order chi connectivity index (χ1) is 9.42. The molecular weight excluding hydrogens is 238 g/mol. The molecule has 0 radical (unpaired) electrons. The number of rotatable bonds is 3. The number of anilines is 1. The van der Waals surface area contributed by atoms with E-state index in [2.05, 4.69) is 28.4 Å². The summed E-state index contributed by atoms with van der Waals surface area (Å²) >= 11 is 0. The average molecular weight is 261 g/mol. The molecule has 3 heterocycles. The monoisotopic (exact) mass is 261 g/mol. The standard InChI is InChI=1S/C15H23N3O/c1-4-14(11-13-3-2-6-16-12-13)17-15(5-1)18-7-9-19-10-8-18/h1,4-5,13,16H,2-3,6-12H2. The second-order valence-electron chi connectivity index (χ2n) is 5.50. The lowest BCUT2D eigenvalue weighted by atomic mass is 9.94. The largest absolute Gasteiger partial charge is 0.378 e. The second kappa shape index (κ2) is 6.35. The Morgan fingerprint density at radius 3 is 3.00 bits per heavy atom. The molecule has 2 fully saturated rings. The van der Waals surface area contributed by atoms with Gasteiger partial charge < -0.3 is 15.0 Å². The first kappa shape index (κ1) is 12.9. The third-order valence-electron chi connectivity index (χ3n) is 4.02. The first-order valence-corrected chi connectivity index (χ1v) is 7.41. The molecule has 0 aromatic carbocycles. The van der Waals surface area contributed by atoms with Crippen LogP contribution < -0.4 is 10.2 Å². The van der Waals surface area contributed by atoms with Crippen molar-refractivity contribution in [2.75, 3.05) is 44.3 Å². The van der Waals surface area contributed by atoms with Gasteiger partial charge in [0.2, 0.25) is 0 Å². The molecule has 19 heavy (non-hydrogen) atoms. The van der Waals surface area contributed by atoms with Crippen molar-refractivity contribution in [2.45, 2.75) is 19.3 Å². The third kappa shape index (κ3) is 3.45. The number of ether oxygens (including phenoxy) is 1. The van der Waals surface area contributed by atoms with E-state index >= 15 is 0 Å². The van der Waals surface area contributed by atoms with Crippen LogP contribution in [0.2, 0.25) is 0 Å². The predicted octanol–water partition coefficient (Wildman–Crippen LogP) is 1.46. The fraction of sp³-hybridized carbons (Fsp3) is 0.667. The van der Waals surface area contributed by atoms with Gasteiger partial charge >= 0.3 is 0 Å². The summed E-state index contributed by atoms with van der Waals surface area (Å²) in [5.41, 5.74) is 1.23. The molecule has 1 N–H and O–H groups in total. The van der Waals surface area contributed by atoms with Crippen LogP contribution in [-0.4, -0.2) is 44.4 Å². The Morgan fingerprint density at radius 2 is 2.21 bits per heavy atom. The van der Waals surface area contributed by atoms with Crippen molar-refractivity contribution in [3.8, 4) is 0 Å². The van der Waals surface area contributed by atoms with E-state index in [0.717, 1.165) is 51.0 Å². The van der Waals surface area contributed by atoms with Gasteiger partial charge in [-0.15, -0.1) is 0 Å². The lowest BCUT2D eigenvalue weighted by Gasteiger charge is -2.28. The van der Waals surface area contributed by atoms with E-state index in [0.29, 0.717) is 0 Å². The Kier molecular flexibility index (Phi) is 4.30. The van der Waals surface area contributed by atoms with Crippen LogP contribution in [0.3, 0.4) is 0 Å². The van der Waals surface area contributed by atoms with Crippen molar-refractivity contribution in [3.05, 3.63) is 23.9 Å². The molecule has 2 saturated heterocycles. The Balaban J connectivity index is 1.64. The fourth-order valence-electron chi connectivity index (χ4n) is 2.94. The number of hydrogen-bond acceptors (Lipinski definition) is 4. The van der Waals surface area contributed by atoms with Crippen molar-refractivity contribution in [2.24, 2.45) is 5.92 Å². The van der Waals surface area contributed by atoms with E-state index in [-0.39, 0.29) is 0 Å². The molecule has 2 aliphatic heterocycles. The van der Waals surface area contributed by atoms with Crippen molar-refractivity contribution in [1.82, 2.24) is 10.3 Å². The highest BCUT2D eigenvalue weighted by Gasteiger charge is 2.16. The quantitative estimate of drug-likeness (QED) is 0.894. The summed E-state index contributed by atoms with van der Waals surface area (Å²) in [6, 6.07) is 6.43. The topological polar surface area (TPSA) is 37.4 Å². The van der Waals surface area contributed by atoms with E-state index in [1.165, 1.54) is 25.1 Å². The molecule has 1 atom stereocenters. The Bertz CT molecular complexity index is 398. The van der Waals surface area contributed by atoms with Gasteiger partial charge in [0.15, 0.2) is 0 Å². The summed E-state index contributed by atoms with van der Waals surface area (Å²) in [4.78, 5) is 7.16. The maximum absolute atomic E-state index is 5.40. The zero-order valence-corrected chi connectivity index (χ0v) is 11.5. The summed E-state index contributed by atoms with van der Waals surface area (Å²) in [6.07, 6.45) is 3.73. The molecule has 1 aromatic rings. The minimum absolute atomic E-state index is 0.751. The van der Waals surface area contributed by atoms with Crippen LogP contribution in [-0.2, 0) is 11.2 Å². The Labute approximate surface area is 115 Å². The number of nitrogens with zero attached hydrogens (tertiary/aromatic N) is 2. The van der Waals surface area contributed by atoms with Crippen LogP contribution in [0.25, 0.3) is 0 Å². The highest BCUT2D eigenvalue weighted by Crippen LogP contribution is 2.18. The first-order valence-electron chi connectivity index (χ1n) is 7.41. The number of nitrogens with one attached hydrogen (secondary N) is 1. The van der Waals surface area contributed by atoms with Crippen LogP contribution in [0.5, 0.6) is 0 Å². The zero-order chi connectivity index (χ0) is 12.9. The fourth-order valence-corrected chi connectivity index (χ4v) is 2.94. The minimum atomic E-state index is 0.751. The van der Waals surface area contributed by atoms with E-state index in [1.54, 1.807) is 0 Å². The predicted molar refractivity (Wildman–Crippen MR) is 76.6 cm³/mol. The van der Waals surface area contributed by atoms with Crippen LogP contribution >= 0.6 is 0 Å². The van der Waals surface area contributed by atoms with E-state index in [9.17, 15) is 0 Å². The van der Waals surface area contributed by atoms with Crippen LogP contribution in [0.4, 0.5) is 5.82 Å². The normalized spacial score (nSPS) is 24.4. The molecule has 1 aromatic heterocycles. The molecule has 4 nitrogen and oxygen atoms in total. The van der Waals surface area contributed by atoms with Crippen LogP contribution in [0.1, 0.15) is 18.5 Å². The van der Waals surface area contributed by atoms with E-state index in [1.807, 2.05) is 0 Å².